The molecule has 1 aliphatic carbocycles. The number of pyridine rings is 1. The highest BCUT2D eigenvalue weighted by Crippen LogP contribution is 2.28. The Labute approximate surface area is 168 Å². The molecular formula is C21H21ClN2O2S. The van der Waals surface area contributed by atoms with Crippen molar-refractivity contribution in [1.29, 1.82) is 0 Å². The average molecular weight is 401 g/mol. The summed E-state index contributed by atoms with van der Waals surface area (Å²) < 4.78 is 0. The predicted molar refractivity (Wildman–Crippen MR) is 109 cm³/mol. The van der Waals surface area contributed by atoms with Gasteiger partial charge in [0.15, 0.2) is 0 Å². The van der Waals surface area contributed by atoms with Gasteiger partial charge in [0, 0.05) is 29.2 Å². The van der Waals surface area contributed by atoms with E-state index in [4.69, 9.17) is 11.6 Å². The van der Waals surface area contributed by atoms with Crippen LogP contribution >= 0.6 is 23.4 Å². The van der Waals surface area contributed by atoms with Crippen LogP contribution in [-0.2, 0) is 0 Å². The van der Waals surface area contributed by atoms with Crippen LogP contribution in [0.4, 0.5) is 0 Å². The van der Waals surface area contributed by atoms with Crippen LogP contribution in [0.1, 0.15) is 41.6 Å². The van der Waals surface area contributed by atoms with Gasteiger partial charge in [-0.25, -0.2) is 4.98 Å². The summed E-state index contributed by atoms with van der Waals surface area (Å²) in [4.78, 5) is 16.9. The monoisotopic (exact) mass is 400 g/mol. The number of hydrogen-bond acceptors (Lipinski definition) is 4. The second-order valence-electron chi connectivity index (χ2n) is 6.62. The third-order valence-corrected chi connectivity index (χ3v) is 5.48. The molecule has 1 aromatic heterocycles. The number of hydrogen-bond donors (Lipinski definition) is 2. The normalized spacial score (nSPS) is 21.8. The lowest BCUT2D eigenvalue weighted by molar-refractivity contribution is 0.0452. The zero-order chi connectivity index (χ0) is 19.3. The molecule has 0 spiro atoms. The number of halogens is 1. The fourth-order valence-electron chi connectivity index (χ4n) is 3.23. The summed E-state index contributed by atoms with van der Waals surface area (Å²) in [5.41, 5.74) is 0.210. The highest BCUT2D eigenvalue weighted by Gasteiger charge is 2.33. The summed E-state index contributed by atoms with van der Waals surface area (Å²) >= 11 is 7.42. The van der Waals surface area contributed by atoms with E-state index in [2.05, 4.69) is 22.1 Å². The molecule has 0 saturated heterocycles. The second kappa shape index (κ2) is 8.79. The molecule has 1 aromatic carbocycles. The summed E-state index contributed by atoms with van der Waals surface area (Å²) in [5.74, 6) is 5.83. The van der Waals surface area contributed by atoms with E-state index in [1.807, 2.05) is 18.4 Å². The highest BCUT2D eigenvalue weighted by atomic mass is 35.5. The van der Waals surface area contributed by atoms with Crippen LogP contribution in [0, 0.1) is 11.8 Å². The molecule has 1 heterocycles. The van der Waals surface area contributed by atoms with Gasteiger partial charge in [-0.15, -0.1) is 11.8 Å². The third-order valence-electron chi connectivity index (χ3n) is 4.54. The lowest BCUT2D eigenvalue weighted by Crippen LogP contribution is -2.45. The minimum atomic E-state index is -1.12. The van der Waals surface area contributed by atoms with Gasteiger partial charge >= 0.3 is 0 Å². The van der Waals surface area contributed by atoms with Crippen molar-refractivity contribution >= 4 is 29.3 Å². The number of aliphatic hydroxyl groups is 1. The Morgan fingerprint density at radius 2 is 2.26 bits per heavy atom. The van der Waals surface area contributed by atoms with Gasteiger partial charge in [0.05, 0.1) is 5.56 Å². The number of thioether (sulfide) groups is 1. The first kappa shape index (κ1) is 19.8. The molecule has 1 saturated carbocycles. The van der Waals surface area contributed by atoms with Crippen molar-refractivity contribution in [3.63, 3.8) is 0 Å². The molecule has 1 fully saturated rings. The Bertz CT molecular complexity index is 893. The summed E-state index contributed by atoms with van der Waals surface area (Å²) in [5, 5.41) is 15.2. The summed E-state index contributed by atoms with van der Waals surface area (Å²) in [6.45, 7) is 0. The van der Waals surface area contributed by atoms with E-state index in [1.54, 1.807) is 30.5 Å². The molecule has 6 heteroatoms. The topological polar surface area (TPSA) is 62.2 Å². The van der Waals surface area contributed by atoms with Crippen molar-refractivity contribution in [2.45, 2.75) is 42.4 Å². The van der Waals surface area contributed by atoms with Crippen LogP contribution in [0.3, 0.4) is 0 Å². The van der Waals surface area contributed by atoms with Gasteiger partial charge in [-0.3, -0.25) is 4.79 Å². The fraction of sp³-hybridized carbons (Fsp3) is 0.333. The number of carbonyl (C=O) groups excluding carboxylic acids is 1. The molecule has 4 nitrogen and oxygen atoms in total. The number of nitrogens with one attached hydrogen (secondary N) is 1. The van der Waals surface area contributed by atoms with Crippen LogP contribution < -0.4 is 5.32 Å². The van der Waals surface area contributed by atoms with E-state index in [9.17, 15) is 9.90 Å². The van der Waals surface area contributed by atoms with E-state index >= 15 is 0 Å². The summed E-state index contributed by atoms with van der Waals surface area (Å²) in [6, 6.07) is 10.6. The van der Waals surface area contributed by atoms with E-state index < -0.39 is 5.60 Å². The molecule has 140 valence electrons. The molecule has 27 heavy (non-hydrogen) atoms. The SMILES string of the molecule is CSc1ncccc1C(=O)N[C@H]1CCC[C@@](O)(C#Cc2cccc(Cl)c2)C1. The highest BCUT2D eigenvalue weighted by molar-refractivity contribution is 7.98. The molecule has 0 unspecified atom stereocenters. The Morgan fingerprint density at radius 3 is 3.04 bits per heavy atom. The van der Waals surface area contributed by atoms with Gasteiger partial charge in [0.2, 0.25) is 0 Å². The van der Waals surface area contributed by atoms with E-state index in [-0.39, 0.29) is 11.9 Å². The lowest BCUT2D eigenvalue weighted by Gasteiger charge is -2.33. The number of rotatable bonds is 3. The maximum Gasteiger partial charge on any atom is 0.254 e. The molecule has 1 aliphatic rings. The molecule has 0 bridgehead atoms. The number of amides is 1. The molecule has 2 atom stereocenters. The van der Waals surface area contributed by atoms with E-state index in [1.165, 1.54) is 11.8 Å². The molecule has 3 rings (SSSR count). The van der Waals surface area contributed by atoms with Crippen LogP contribution in [0.2, 0.25) is 5.02 Å². The Morgan fingerprint density at radius 1 is 1.41 bits per heavy atom. The molecule has 0 radical (unpaired) electrons. The summed E-state index contributed by atoms with van der Waals surface area (Å²) in [6.07, 6.45) is 6.18. The van der Waals surface area contributed by atoms with Gasteiger partial charge in [-0.2, -0.15) is 0 Å². The van der Waals surface area contributed by atoms with Crippen LogP contribution in [0.25, 0.3) is 0 Å². The Hall–Kier alpha value is -2.00. The first-order chi connectivity index (χ1) is 13.0. The molecule has 2 N–H and O–H groups in total. The molecule has 0 aliphatic heterocycles. The minimum Gasteiger partial charge on any atom is -0.378 e. The van der Waals surface area contributed by atoms with Crippen molar-refractivity contribution in [1.82, 2.24) is 10.3 Å². The van der Waals surface area contributed by atoms with Gasteiger partial charge in [-0.05, 0) is 55.9 Å². The minimum absolute atomic E-state index is 0.125. The van der Waals surface area contributed by atoms with Crippen molar-refractivity contribution in [2.24, 2.45) is 0 Å². The standard InChI is InChI=1S/C21H21ClN2O2S/c1-27-20-18(8-4-12-23-20)19(25)24-17-7-3-10-21(26,14-17)11-9-15-5-2-6-16(22)13-15/h2,4-6,8,12-13,17,26H,3,7,10,14H2,1H3,(H,24,25)/t17-,21+/m0/s1. The van der Waals surface area contributed by atoms with Crippen molar-refractivity contribution in [3.05, 3.63) is 58.7 Å². The predicted octanol–water partition coefficient (Wildman–Crippen LogP) is 3.91. The number of aromatic nitrogens is 1. The lowest BCUT2D eigenvalue weighted by atomic mass is 9.82. The number of nitrogens with zero attached hydrogens (tertiary/aromatic N) is 1. The van der Waals surface area contributed by atoms with Crippen molar-refractivity contribution in [3.8, 4) is 11.8 Å². The molecule has 1 amide bonds. The second-order valence-corrected chi connectivity index (χ2v) is 7.85. The van der Waals surface area contributed by atoms with Crippen LogP contribution in [0.15, 0.2) is 47.6 Å². The van der Waals surface area contributed by atoms with E-state index in [0.29, 0.717) is 28.5 Å². The van der Waals surface area contributed by atoms with Crippen molar-refractivity contribution in [2.75, 3.05) is 6.26 Å². The number of carbonyl (C=O) groups is 1. The molecule has 2 aromatic rings. The first-order valence-corrected chi connectivity index (χ1v) is 10.4. The van der Waals surface area contributed by atoms with Crippen molar-refractivity contribution < 1.29 is 9.90 Å². The van der Waals surface area contributed by atoms with Gasteiger partial charge in [-0.1, -0.05) is 29.5 Å². The first-order valence-electron chi connectivity index (χ1n) is 8.80. The fourth-order valence-corrected chi connectivity index (χ4v) is 3.97. The average Bonchev–Trinajstić information content (AvgIpc) is 2.66. The largest absolute Gasteiger partial charge is 0.378 e. The zero-order valence-corrected chi connectivity index (χ0v) is 16.6. The Balaban J connectivity index is 1.69. The summed E-state index contributed by atoms with van der Waals surface area (Å²) in [7, 11) is 0. The van der Waals surface area contributed by atoms with E-state index in [0.717, 1.165) is 18.4 Å². The number of benzene rings is 1. The Kier molecular flexibility index (Phi) is 6.43. The quantitative estimate of drug-likeness (QED) is 0.605. The van der Waals surface area contributed by atoms with Gasteiger partial charge in [0.25, 0.3) is 5.91 Å². The van der Waals surface area contributed by atoms with Gasteiger partial charge in [0.1, 0.15) is 10.6 Å². The van der Waals surface area contributed by atoms with Crippen LogP contribution in [-0.4, -0.2) is 33.9 Å². The molecular weight excluding hydrogens is 380 g/mol. The maximum absolute atomic E-state index is 12.6. The third kappa shape index (κ3) is 5.26. The van der Waals surface area contributed by atoms with Crippen LogP contribution in [0.5, 0.6) is 0 Å². The van der Waals surface area contributed by atoms with Gasteiger partial charge < -0.3 is 10.4 Å². The maximum atomic E-state index is 12.6. The zero-order valence-electron chi connectivity index (χ0n) is 15.0. The smallest absolute Gasteiger partial charge is 0.254 e.